The van der Waals surface area contributed by atoms with Crippen molar-refractivity contribution in [2.24, 2.45) is 5.92 Å². The zero-order valence-corrected chi connectivity index (χ0v) is 17.6. The van der Waals surface area contributed by atoms with Gasteiger partial charge in [0, 0.05) is 52.4 Å². The lowest BCUT2D eigenvalue weighted by molar-refractivity contribution is -0.130. The predicted octanol–water partition coefficient (Wildman–Crippen LogP) is 4.61. The Balaban J connectivity index is 1.30. The number of nitrogens with one attached hydrogen (secondary N) is 1. The predicted molar refractivity (Wildman–Crippen MR) is 116 cm³/mol. The molecule has 0 unspecified atom stereocenters. The first kappa shape index (κ1) is 20.6. The summed E-state index contributed by atoms with van der Waals surface area (Å²) in [6.07, 6.45) is 4.30. The molecule has 6 nitrogen and oxygen atoms in total. The first-order valence-corrected chi connectivity index (χ1v) is 10.4. The SMILES string of the molecule is O=C(Nc1ccc2c(c1)OCO2)C1CCN(C(=O)C=Cc2c(Cl)cccc2Cl)CC1. The first-order valence-electron chi connectivity index (χ1n) is 9.63. The van der Waals surface area contributed by atoms with Crippen molar-refractivity contribution in [1.29, 1.82) is 0 Å². The van der Waals surface area contributed by atoms with Gasteiger partial charge in [0.25, 0.3) is 0 Å². The number of ether oxygens (including phenoxy) is 2. The number of carbonyl (C=O) groups is 2. The number of anilines is 1. The van der Waals surface area contributed by atoms with E-state index in [0.717, 1.165) is 0 Å². The maximum atomic E-state index is 12.6. The number of amides is 2. The maximum Gasteiger partial charge on any atom is 0.246 e. The van der Waals surface area contributed by atoms with E-state index in [1.807, 2.05) is 0 Å². The van der Waals surface area contributed by atoms with Gasteiger partial charge < -0.3 is 19.7 Å². The van der Waals surface area contributed by atoms with Gasteiger partial charge in [0.15, 0.2) is 11.5 Å². The highest BCUT2D eigenvalue weighted by Gasteiger charge is 2.27. The smallest absolute Gasteiger partial charge is 0.246 e. The normalized spacial score (nSPS) is 16.1. The van der Waals surface area contributed by atoms with Gasteiger partial charge in [0.1, 0.15) is 0 Å². The van der Waals surface area contributed by atoms with Crippen LogP contribution in [0.25, 0.3) is 6.08 Å². The molecule has 0 radical (unpaired) electrons. The quantitative estimate of drug-likeness (QED) is 0.696. The van der Waals surface area contributed by atoms with E-state index >= 15 is 0 Å². The highest BCUT2D eigenvalue weighted by molar-refractivity contribution is 6.37. The number of halogens is 2. The summed E-state index contributed by atoms with van der Waals surface area (Å²) in [7, 11) is 0. The van der Waals surface area contributed by atoms with Crippen LogP contribution in [-0.4, -0.2) is 36.6 Å². The fourth-order valence-electron chi connectivity index (χ4n) is 3.51. The van der Waals surface area contributed by atoms with Crippen LogP contribution in [0.1, 0.15) is 18.4 Å². The fraction of sp³-hybridized carbons (Fsp3) is 0.273. The van der Waals surface area contributed by atoms with E-state index in [4.69, 9.17) is 32.7 Å². The molecule has 2 aliphatic rings. The Morgan fingerprint density at radius 2 is 1.73 bits per heavy atom. The van der Waals surface area contributed by atoms with Crippen LogP contribution in [0.4, 0.5) is 5.69 Å². The third kappa shape index (κ3) is 4.55. The van der Waals surface area contributed by atoms with Gasteiger partial charge in [-0.2, -0.15) is 0 Å². The molecule has 2 aromatic rings. The molecule has 1 saturated heterocycles. The van der Waals surface area contributed by atoms with Crippen LogP contribution in [0.5, 0.6) is 11.5 Å². The molecular formula is C22H20Cl2N2O4. The van der Waals surface area contributed by atoms with Gasteiger partial charge >= 0.3 is 0 Å². The van der Waals surface area contributed by atoms with E-state index in [1.165, 1.54) is 6.08 Å². The van der Waals surface area contributed by atoms with Crippen molar-refractivity contribution in [3.05, 3.63) is 58.1 Å². The molecule has 30 heavy (non-hydrogen) atoms. The minimum absolute atomic E-state index is 0.0562. The van der Waals surface area contributed by atoms with Gasteiger partial charge in [0.2, 0.25) is 18.6 Å². The Hall–Kier alpha value is -2.70. The van der Waals surface area contributed by atoms with Gasteiger partial charge in [-0.05, 0) is 43.2 Å². The van der Waals surface area contributed by atoms with Crippen LogP contribution >= 0.6 is 23.2 Å². The van der Waals surface area contributed by atoms with Gasteiger partial charge in [-0.15, -0.1) is 0 Å². The van der Waals surface area contributed by atoms with Crippen molar-refractivity contribution in [2.45, 2.75) is 12.8 Å². The molecule has 2 aromatic carbocycles. The zero-order chi connectivity index (χ0) is 21.1. The lowest BCUT2D eigenvalue weighted by Gasteiger charge is -2.30. The summed E-state index contributed by atoms with van der Waals surface area (Å²) < 4.78 is 10.6. The molecule has 1 fully saturated rings. The third-order valence-electron chi connectivity index (χ3n) is 5.21. The largest absolute Gasteiger partial charge is 0.454 e. The van der Waals surface area contributed by atoms with Crippen molar-refractivity contribution < 1.29 is 19.1 Å². The van der Waals surface area contributed by atoms with Crippen LogP contribution in [0.3, 0.4) is 0 Å². The number of likely N-dealkylation sites (tertiary alicyclic amines) is 1. The summed E-state index contributed by atoms with van der Waals surface area (Å²) in [6.45, 7) is 1.22. The second-order valence-corrected chi connectivity index (χ2v) is 7.94. The maximum absolute atomic E-state index is 12.6. The topological polar surface area (TPSA) is 67.9 Å². The Morgan fingerprint density at radius 3 is 2.47 bits per heavy atom. The van der Waals surface area contributed by atoms with Gasteiger partial charge in [0.05, 0.1) is 0 Å². The number of benzene rings is 2. The van der Waals surface area contributed by atoms with E-state index in [1.54, 1.807) is 47.4 Å². The number of nitrogens with zero attached hydrogens (tertiary/aromatic N) is 1. The number of piperidine rings is 1. The lowest BCUT2D eigenvalue weighted by atomic mass is 9.95. The molecule has 156 valence electrons. The van der Waals surface area contributed by atoms with Crippen LogP contribution in [0, 0.1) is 5.92 Å². The molecule has 4 rings (SSSR count). The molecular weight excluding hydrogens is 427 g/mol. The number of hydrogen-bond donors (Lipinski definition) is 1. The van der Waals surface area contributed by atoms with Gasteiger partial charge in [-0.1, -0.05) is 29.3 Å². The molecule has 1 N–H and O–H groups in total. The van der Waals surface area contributed by atoms with Crippen molar-refractivity contribution in [1.82, 2.24) is 4.90 Å². The average molecular weight is 447 g/mol. The summed E-state index contributed by atoms with van der Waals surface area (Å²) in [6, 6.07) is 10.5. The van der Waals surface area contributed by atoms with Crippen molar-refractivity contribution in [3.63, 3.8) is 0 Å². The summed E-state index contributed by atoms with van der Waals surface area (Å²) in [5.74, 6) is 0.964. The van der Waals surface area contributed by atoms with E-state index < -0.39 is 0 Å². The molecule has 0 atom stereocenters. The number of carbonyl (C=O) groups excluding carboxylic acids is 2. The minimum atomic E-state index is -0.151. The molecule has 0 aliphatic carbocycles. The Morgan fingerprint density at radius 1 is 1.03 bits per heavy atom. The van der Waals surface area contributed by atoms with Gasteiger partial charge in [-0.3, -0.25) is 9.59 Å². The summed E-state index contributed by atoms with van der Waals surface area (Å²) in [4.78, 5) is 26.8. The molecule has 0 saturated carbocycles. The zero-order valence-electron chi connectivity index (χ0n) is 16.1. The molecule has 2 aliphatic heterocycles. The molecule has 8 heteroatoms. The van der Waals surface area contributed by atoms with Crippen molar-refractivity contribution in [2.75, 3.05) is 25.2 Å². The average Bonchev–Trinajstić information content (AvgIpc) is 3.21. The molecule has 2 amide bonds. The van der Waals surface area contributed by atoms with E-state index in [9.17, 15) is 9.59 Å². The van der Waals surface area contributed by atoms with Crippen LogP contribution in [-0.2, 0) is 9.59 Å². The Labute approximate surface area is 184 Å². The summed E-state index contributed by atoms with van der Waals surface area (Å²) >= 11 is 12.3. The molecule has 0 spiro atoms. The highest BCUT2D eigenvalue weighted by Crippen LogP contribution is 2.34. The van der Waals surface area contributed by atoms with E-state index in [-0.39, 0.29) is 24.5 Å². The van der Waals surface area contributed by atoms with Crippen LogP contribution in [0.2, 0.25) is 10.0 Å². The van der Waals surface area contributed by atoms with Crippen molar-refractivity contribution >= 4 is 46.8 Å². The molecule has 2 heterocycles. The number of fused-ring (bicyclic) bond motifs is 1. The second kappa shape index (κ2) is 8.98. The third-order valence-corrected chi connectivity index (χ3v) is 5.87. The Bertz CT molecular complexity index is 980. The van der Waals surface area contributed by atoms with E-state index in [0.29, 0.717) is 58.7 Å². The number of hydrogen-bond acceptors (Lipinski definition) is 4. The first-order chi connectivity index (χ1) is 14.5. The lowest BCUT2D eigenvalue weighted by Crippen LogP contribution is -2.40. The van der Waals surface area contributed by atoms with Crippen LogP contribution < -0.4 is 14.8 Å². The van der Waals surface area contributed by atoms with Gasteiger partial charge in [-0.25, -0.2) is 0 Å². The monoisotopic (exact) mass is 446 g/mol. The standard InChI is InChI=1S/C22H20Cl2N2O4/c23-17-2-1-3-18(24)16(17)5-7-21(27)26-10-8-14(9-11-26)22(28)25-15-4-6-19-20(12-15)30-13-29-19/h1-7,12,14H,8-11,13H2,(H,25,28). The summed E-state index contributed by atoms with van der Waals surface area (Å²) in [5, 5.41) is 3.91. The van der Waals surface area contributed by atoms with Crippen molar-refractivity contribution in [3.8, 4) is 11.5 Å². The highest BCUT2D eigenvalue weighted by atomic mass is 35.5. The fourth-order valence-corrected chi connectivity index (χ4v) is 4.03. The Kier molecular flexibility index (Phi) is 6.16. The second-order valence-electron chi connectivity index (χ2n) is 7.13. The number of rotatable bonds is 4. The molecule has 0 bridgehead atoms. The van der Waals surface area contributed by atoms with E-state index in [2.05, 4.69) is 5.32 Å². The summed E-state index contributed by atoms with van der Waals surface area (Å²) in [5.41, 5.74) is 1.29. The van der Waals surface area contributed by atoms with Crippen LogP contribution in [0.15, 0.2) is 42.5 Å². The molecule has 0 aromatic heterocycles. The minimum Gasteiger partial charge on any atom is -0.454 e.